The maximum absolute atomic E-state index is 12.4. The van der Waals surface area contributed by atoms with E-state index in [-0.39, 0.29) is 11.7 Å². The van der Waals surface area contributed by atoms with Gasteiger partial charge in [-0.25, -0.2) is 12.7 Å². The average molecular weight is 311 g/mol. The third kappa shape index (κ3) is 4.01. The minimum absolute atomic E-state index is 0.0628. The fourth-order valence-corrected chi connectivity index (χ4v) is 3.98. The van der Waals surface area contributed by atoms with Crippen molar-refractivity contribution in [3.05, 3.63) is 30.1 Å². The predicted octanol–water partition coefficient (Wildman–Crippen LogP) is 0.969. The monoisotopic (exact) mass is 311 g/mol. The predicted molar refractivity (Wildman–Crippen MR) is 80.4 cm³/mol. The number of pyridine rings is 1. The van der Waals surface area contributed by atoms with Crippen molar-refractivity contribution in [2.45, 2.75) is 19.8 Å². The van der Waals surface area contributed by atoms with Gasteiger partial charge in [0.2, 0.25) is 10.0 Å². The molecule has 1 saturated heterocycles. The molecule has 1 aliphatic rings. The first-order chi connectivity index (χ1) is 10.0. The molecule has 2 heterocycles. The standard InChI is InChI=1S/C14H21N3O3S/c1-2-12-21(19,20)17-9-3-8-16(10-11-17)14(18)13-4-6-15-7-5-13/h4-7H,2-3,8-12H2,1H3. The molecule has 0 N–H and O–H groups in total. The Kier molecular flexibility index (Phi) is 5.30. The Morgan fingerprint density at radius 3 is 2.57 bits per heavy atom. The van der Waals surface area contributed by atoms with Crippen LogP contribution in [0.5, 0.6) is 0 Å². The van der Waals surface area contributed by atoms with Crippen molar-refractivity contribution in [3.8, 4) is 0 Å². The van der Waals surface area contributed by atoms with Crippen LogP contribution in [0, 0.1) is 0 Å². The van der Waals surface area contributed by atoms with Gasteiger partial charge in [-0.3, -0.25) is 9.78 Å². The number of carbonyl (C=O) groups excluding carboxylic acids is 1. The van der Waals surface area contributed by atoms with E-state index in [0.29, 0.717) is 44.6 Å². The molecule has 0 saturated carbocycles. The Balaban J connectivity index is 2.03. The van der Waals surface area contributed by atoms with E-state index < -0.39 is 10.0 Å². The maximum atomic E-state index is 12.4. The lowest BCUT2D eigenvalue weighted by Gasteiger charge is -2.21. The van der Waals surface area contributed by atoms with Crippen LogP contribution in [0.1, 0.15) is 30.1 Å². The summed E-state index contributed by atoms with van der Waals surface area (Å²) in [5.41, 5.74) is 0.592. The van der Waals surface area contributed by atoms with Gasteiger partial charge in [-0.1, -0.05) is 6.92 Å². The molecule has 0 bridgehead atoms. The highest BCUT2D eigenvalue weighted by atomic mass is 32.2. The summed E-state index contributed by atoms with van der Waals surface area (Å²) < 4.78 is 25.7. The zero-order chi connectivity index (χ0) is 15.3. The van der Waals surface area contributed by atoms with Gasteiger partial charge in [0.05, 0.1) is 5.75 Å². The Labute approximate surface area is 125 Å². The normalized spacial score (nSPS) is 17.5. The van der Waals surface area contributed by atoms with Crippen LogP contribution < -0.4 is 0 Å². The lowest BCUT2D eigenvalue weighted by Crippen LogP contribution is -2.38. The van der Waals surface area contributed by atoms with E-state index in [9.17, 15) is 13.2 Å². The maximum Gasteiger partial charge on any atom is 0.254 e. The van der Waals surface area contributed by atoms with E-state index in [0.717, 1.165) is 0 Å². The van der Waals surface area contributed by atoms with Gasteiger partial charge in [-0.05, 0) is 25.0 Å². The lowest BCUT2D eigenvalue weighted by molar-refractivity contribution is 0.0764. The largest absolute Gasteiger partial charge is 0.337 e. The number of hydrogen-bond acceptors (Lipinski definition) is 4. The Bertz CT molecular complexity index is 574. The van der Waals surface area contributed by atoms with Crippen molar-refractivity contribution in [1.82, 2.24) is 14.2 Å². The van der Waals surface area contributed by atoms with Crippen LogP contribution in [0.2, 0.25) is 0 Å². The molecule has 0 unspecified atom stereocenters. The molecule has 0 aliphatic carbocycles. The Morgan fingerprint density at radius 1 is 1.19 bits per heavy atom. The highest BCUT2D eigenvalue weighted by Crippen LogP contribution is 2.12. The number of nitrogens with zero attached hydrogens (tertiary/aromatic N) is 3. The molecule has 1 aliphatic heterocycles. The van der Waals surface area contributed by atoms with E-state index in [4.69, 9.17) is 0 Å². The molecule has 2 rings (SSSR count). The van der Waals surface area contributed by atoms with Crippen molar-refractivity contribution < 1.29 is 13.2 Å². The summed E-state index contributed by atoms with van der Waals surface area (Å²) in [5, 5.41) is 0. The Hall–Kier alpha value is -1.47. The van der Waals surface area contributed by atoms with Crippen LogP contribution in [0.3, 0.4) is 0 Å². The first-order valence-corrected chi connectivity index (χ1v) is 8.82. The molecule has 7 heteroatoms. The molecule has 116 valence electrons. The quantitative estimate of drug-likeness (QED) is 0.831. The number of hydrogen-bond donors (Lipinski definition) is 0. The minimum Gasteiger partial charge on any atom is -0.337 e. The molecule has 1 fully saturated rings. The first-order valence-electron chi connectivity index (χ1n) is 7.21. The summed E-state index contributed by atoms with van der Waals surface area (Å²) in [4.78, 5) is 18.0. The van der Waals surface area contributed by atoms with Crippen molar-refractivity contribution in [2.75, 3.05) is 31.9 Å². The van der Waals surface area contributed by atoms with Crippen LogP contribution in [0.4, 0.5) is 0 Å². The third-order valence-electron chi connectivity index (χ3n) is 3.52. The van der Waals surface area contributed by atoms with Crippen molar-refractivity contribution in [3.63, 3.8) is 0 Å². The van der Waals surface area contributed by atoms with Gasteiger partial charge in [-0.2, -0.15) is 0 Å². The number of rotatable bonds is 4. The summed E-state index contributed by atoms with van der Waals surface area (Å²) in [6, 6.07) is 3.36. The van der Waals surface area contributed by atoms with Crippen molar-refractivity contribution in [2.24, 2.45) is 0 Å². The van der Waals surface area contributed by atoms with Crippen LogP contribution in [-0.2, 0) is 10.0 Å². The molecule has 6 nitrogen and oxygen atoms in total. The minimum atomic E-state index is -3.19. The molecule has 1 aromatic heterocycles. The zero-order valence-corrected chi connectivity index (χ0v) is 13.1. The van der Waals surface area contributed by atoms with Gasteiger partial charge in [0, 0.05) is 44.1 Å². The third-order valence-corrected chi connectivity index (χ3v) is 5.60. The molecule has 0 aromatic carbocycles. The molecule has 0 atom stereocenters. The molecule has 1 amide bonds. The Morgan fingerprint density at radius 2 is 1.90 bits per heavy atom. The molecule has 0 radical (unpaired) electrons. The number of carbonyl (C=O) groups is 1. The SMILES string of the molecule is CCCS(=O)(=O)N1CCCN(C(=O)c2ccncc2)CC1. The van der Waals surface area contributed by atoms with E-state index in [2.05, 4.69) is 4.98 Å². The highest BCUT2D eigenvalue weighted by Gasteiger charge is 2.26. The highest BCUT2D eigenvalue weighted by molar-refractivity contribution is 7.89. The zero-order valence-electron chi connectivity index (χ0n) is 12.2. The number of sulfonamides is 1. The van der Waals surface area contributed by atoms with Crippen LogP contribution in [0.15, 0.2) is 24.5 Å². The topological polar surface area (TPSA) is 70.6 Å². The first kappa shape index (κ1) is 15.9. The molecule has 1 aromatic rings. The van der Waals surface area contributed by atoms with Crippen molar-refractivity contribution in [1.29, 1.82) is 0 Å². The van der Waals surface area contributed by atoms with Gasteiger partial charge in [-0.15, -0.1) is 0 Å². The van der Waals surface area contributed by atoms with Crippen molar-refractivity contribution >= 4 is 15.9 Å². The summed E-state index contributed by atoms with van der Waals surface area (Å²) >= 11 is 0. The molecule has 0 spiro atoms. The van der Waals surface area contributed by atoms with Gasteiger partial charge in [0.25, 0.3) is 5.91 Å². The van der Waals surface area contributed by atoms with Gasteiger partial charge >= 0.3 is 0 Å². The summed E-state index contributed by atoms with van der Waals surface area (Å²) in [6.45, 7) is 3.74. The summed E-state index contributed by atoms with van der Waals surface area (Å²) in [6.07, 6.45) is 4.45. The average Bonchev–Trinajstić information content (AvgIpc) is 2.74. The summed E-state index contributed by atoms with van der Waals surface area (Å²) in [7, 11) is -3.19. The smallest absolute Gasteiger partial charge is 0.254 e. The number of amides is 1. The second-order valence-corrected chi connectivity index (χ2v) is 7.19. The van der Waals surface area contributed by atoms with Gasteiger partial charge < -0.3 is 4.90 Å². The van der Waals surface area contributed by atoms with E-state index in [1.165, 1.54) is 4.31 Å². The van der Waals surface area contributed by atoms with E-state index in [1.54, 1.807) is 29.4 Å². The van der Waals surface area contributed by atoms with E-state index in [1.807, 2.05) is 6.92 Å². The second kappa shape index (κ2) is 7.00. The van der Waals surface area contributed by atoms with Crippen LogP contribution in [0.25, 0.3) is 0 Å². The number of aromatic nitrogens is 1. The molecule has 21 heavy (non-hydrogen) atoms. The molecular weight excluding hydrogens is 290 g/mol. The fraction of sp³-hybridized carbons (Fsp3) is 0.571. The second-order valence-electron chi connectivity index (χ2n) is 5.10. The summed E-state index contributed by atoms with van der Waals surface area (Å²) in [5.74, 6) is 0.109. The lowest BCUT2D eigenvalue weighted by atomic mass is 10.2. The van der Waals surface area contributed by atoms with Crippen LogP contribution in [-0.4, -0.2) is 60.4 Å². The molecular formula is C14H21N3O3S. The van der Waals surface area contributed by atoms with Gasteiger partial charge in [0.15, 0.2) is 0 Å². The van der Waals surface area contributed by atoms with E-state index >= 15 is 0 Å². The van der Waals surface area contributed by atoms with Crippen LogP contribution >= 0.6 is 0 Å². The fourth-order valence-electron chi connectivity index (χ4n) is 2.44. The van der Waals surface area contributed by atoms with Gasteiger partial charge in [0.1, 0.15) is 0 Å².